The summed E-state index contributed by atoms with van der Waals surface area (Å²) in [5.74, 6) is 0.711. The highest BCUT2D eigenvalue weighted by Crippen LogP contribution is 2.57. The van der Waals surface area contributed by atoms with Crippen LogP contribution in [0.3, 0.4) is 0 Å². The van der Waals surface area contributed by atoms with Gasteiger partial charge in [-0.05, 0) is 97.1 Å². The van der Waals surface area contributed by atoms with Gasteiger partial charge in [0.25, 0.3) is 0 Å². The van der Waals surface area contributed by atoms with Crippen molar-refractivity contribution in [1.82, 2.24) is 9.97 Å². The van der Waals surface area contributed by atoms with E-state index in [4.69, 9.17) is 14.4 Å². The molecule has 306 valence electrons. The minimum absolute atomic E-state index is 0.156. The quantitative estimate of drug-likeness (QED) is 0.168. The predicted molar refractivity (Wildman–Crippen MR) is 266 cm³/mol. The Morgan fingerprint density at radius 2 is 0.908 bits per heavy atom. The van der Waals surface area contributed by atoms with Crippen molar-refractivity contribution in [3.05, 3.63) is 252 Å². The van der Waals surface area contributed by atoms with Gasteiger partial charge in [0.05, 0.1) is 16.8 Å². The molecule has 0 saturated carbocycles. The number of para-hydroxylation sites is 1. The Balaban J connectivity index is 1.01. The van der Waals surface area contributed by atoms with Crippen LogP contribution in [0.15, 0.2) is 223 Å². The monoisotopic (exact) mass is 830 g/mol. The standard InChI is InChI=1S/C62H42N2O/c1-61(2)51-24-12-10-22-49(51)59-50(23-15-26-53(59)61)60-63-55(40-30-28-39(29-31-40)41-32-35-48-47-21-11-14-27-57(47)65-58(48)37-41)38-56(64-60)42-33-34-46-45-20-9-13-25-52(45)62(54(46)36-42,43-16-5-3-6-17-43)44-18-7-4-8-19-44/h3-38H,1-2H3. The molecule has 2 aliphatic rings. The number of aromatic nitrogens is 2. The van der Waals surface area contributed by atoms with Crippen molar-refractivity contribution >= 4 is 21.9 Å². The van der Waals surface area contributed by atoms with Gasteiger partial charge >= 0.3 is 0 Å². The molecule has 2 aliphatic carbocycles. The molecule has 0 bridgehead atoms. The molecule has 0 aliphatic heterocycles. The fourth-order valence-corrected chi connectivity index (χ4v) is 11.1. The number of nitrogens with zero attached hydrogens (tertiary/aromatic N) is 2. The molecule has 0 saturated heterocycles. The highest BCUT2D eigenvalue weighted by atomic mass is 16.3. The van der Waals surface area contributed by atoms with E-state index in [0.29, 0.717) is 5.82 Å². The van der Waals surface area contributed by atoms with Crippen molar-refractivity contribution < 1.29 is 4.42 Å². The molecule has 0 N–H and O–H groups in total. The largest absolute Gasteiger partial charge is 0.456 e. The van der Waals surface area contributed by atoms with E-state index in [1.165, 1.54) is 55.6 Å². The molecule has 0 amide bonds. The Labute approximate surface area is 378 Å². The fourth-order valence-electron chi connectivity index (χ4n) is 11.1. The number of hydrogen-bond donors (Lipinski definition) is 0. The molecule has 0 unspecified atom stereocenters. The van der Waals surface area contributed by atoms with E-state index >= 15 is 0 Å². The summed E-state index contributed by atoms with van der Waals surface area (Å²) in [4.78, 5) is 11.0. The van der Waals surface area contributed by atoms with E-state index in [0.717, 1.165) is 61.1 Å². The third-order valence-electron chi connectivity index (χ3n) is 14.2. The average Bonchev–Trinajstić information content (AvgIpc) is 3.97. The van der Waals surface area contributed by atoms with E-state index in [1.807, 2.05) is 12.1 Å². The number of hydrogen-bond acceptors (Lipinski definition) is 3. The van der Waals surface area contributed by atoms with Crippen LogP contribution in [0.5, 0.6) is 0 Å². The van der Waals surface area contributed by atoms with Gasteiger partial charge in [-0.25, -0.2) is 9.97 Å². The van der Waals surface area contributed by atoms with Crippen LogP contribution in [-0.2, 0) is 10.8 Å². The first-order valence-corrected chi connectivity index (χ1v) is 22.5. The summed E-state index contributed by atoms with van der Waals surface area (Å²) in [7, 11) is 0. The summed E-state index contributed by atoms with van der Waals surface area (Å²) < 4.78 is 6.28. The molecule has 0 atom stereocenters. The first-order chi connectivity index (χ1) is 32.0. The Morgan fingerprint density at radius 3 is 1.68 bits per heavy atom. The van der Waals surface area contributed by atoms with Crippen molar-refractivity contribution in [3.8, 4) is 67.3 Å². The first kappa shape index (κ1) is 37.4. The topological polar surface area (TPSA) is 38.9 Å². The molecular formula is C62H42N2O. The second kappa shape index (κ2) is 14.2. The van der Waals surface area contributed by atoms with E-state index in [1.54, 1.807) is 0 Å². The number of benzene rings is 9. The van der Waals surface area contributed by atoms with Crippen LogP contribution in [0, 0.1) is 0 Å². The van der Waals surface area contributed by atoms with Crippen LogP contribution in [0.25, 0.3) is 89.2 Å². The zero-order valence-corrected chi connectivity index (χ0v) is 36.1. The van der Waals surface area contributed by atoms with Crippen LogP contribution in [-0.4, -0.2) is 9.97 Å². The van der Waals surface area contributed by atoms with Gasteiger partial charge in [0.1, 0.15) is 11.2 Å². The van der Waals surface area contributed by atoms with E-state index in [-0.39, 0.29) is 5.41 Å². The second-order valence-corrected chi connectivity index (χ2v) is 18.0. The lowest BCUT2D eigenvalue weighted by atomic mass is 9.67. The Bertz CT molecular complexity index is 3640. The predicted octanol–water partition coefficient (Wildman–Crippen LogP) is 15.7. The van der Waals surface area contributed by atoms with Gasteiger partial charge in [0, 0.05) is 32.9 Å². The van der Waals surface area contributed by atoms with Gasteiger partial charge in [0.15, 0.2) is 5.82 Å². The Hall–Kier alpha value is -8.14. The lowest BCUT2D eigenvalue weighted by molar-refractivity contribution is 0.660. The molecular weight excluding hydrogens is 789 g/mol. The molecule has 0 spiro atoms. The third kappa shape index (κ3) is 5.55. The van der Waals surface area contributed by atoms with Crippen molar-refractivity contribution in [3.63, 3.8) is 0 Å². The third-order valence-corrected chi connectivity index (χ3v) is 14.2. The van der Waals surface area contributed by atoms with Crippen molar-refractivity contribution in [2.45, 2.75) is 24.7 Å². The molecule has 13 rings (SSSR count). The zero-order valence-electron chi connectivity index (χ0n) is 36.1. The second-order valence-electron chi connectivity index (χ2n) is 18.0. The maximum Gasteiger partial charge on any atom is 0.161 e. The van der Waals surface area contributed by atoms with Gasteiger partial charge in [-0.1, -0.05) is 202 Å². The number of rotatable bonds is 6. The minimum Gasteiger partial charge on any atom is -0.456 e. The van der Waals surface area contributed by atoms with Crippen molar-refractivity contribution in [2.24, 2.45) is 0 Å². The summed E-state index contributed by atoms with van der Waals surface area (Å²) in [6, 6.07) is 79.0. The van der Waals surface area contributed by atoms with E-state index in [9.17, 15) is 0 Å². The zero-order chi connectivity index (χ0) is 43.3. The van der Waals surface area contributed by atoms with Crippen molar-refractivity contribution in [2.75, 3.05) is 0 Å². The molecule has 9 aromatic carbocycles. The fraction of sp³-hybridized carbons (Fsp3) is 0.0645. The highest BCUT2D eigenvalue weighted by molar-refractivity contribution is 6.06. The lowest BCUT2D eigenvalue weighted by Crippen LogP contribution is -2.28. The van der Waals surface area contributed by atoms with Gasteiger partial charge in [-0.15, -0.1) is 0 Å². The van der Waals surface area contributed by atoms with Crippen LogP contribution in [0.4, 0.5) is 0 Å². The van der Waals surface area contributed by atoms with Gasteiger partial charge in [-0.3, -0.25) is 0 Å². The molecule has 3 heteroatoms. The van der Waals surface area contributed by atoms with E-state index in [2.05, 4.69) is 220 Å². The summed E-state index contributed by atoms with van der Waals surface area (Å²) in [5, 5.41) is 2.26. The number of furan rings is 1. The van der Waals surface area contributed by atoms with Gasteiger partial charge in [0.2, 0.25) is 0 Å². The first-order valence-electron chi connectivity index (χ1n) is 22.5. The normalized spacial score (nSPS) is 13.9. The molecule has 3 nitrogen and oxygen atoms in total. The molecule has 0 fully saturated rings. The smallest absolute Gasteiger partial charge is 0.161 e. The van der Waals surface area contributed by atoms with Crippen LogP contribution in [0.1, 0.15) is 47.2 Å². The Morgan fingerprint density at radius 1 is 0.354 bits per heavy atom. The van der Waals surface area contributed by atoms with Gasteiger partial charge < -0.3 is 4.42 Å². The van der Waals surface area contributed by atoms with Crippen LogP contribution >= 0.6 is 0 Å². The maximum absolute atomic E-state index is 6.28. The van der Waals surface area contributed by atoms with Crippen molar-refractivity contribution in [1.29, 1.82) is 0 Å². The van der Waals surface area contributed by atoms with Crippen LogP contribution in [0.2, 0.25) is 0 Å². The molecule has 11 aromatic rings. The summed E-state index contributed by atoms with van der Waals surface area (Å²) in [6.07, 6.45) is 0. The summed E-state index contributed by atoms with van der Waals surface area (Å²) in [5.41, 5.74) is 20.7. The average molecular weight is 831 g/mol. The van der Waals surface area contributed by atoms with E-state index < -0.39 is 5.41 Å². The molecule has 2 heterocycles. The maximum atomic E-state index is 6.28. The lowest BCUT2D eigenvalue weighted by Gasteiger charge is -2.34. The number of fused-ring (bicyclic) bond motifs is 9. The molecule has 2 aromatic heterocycles. The molecule has 65 heavy (non-hydrogen) atoms. The van der Waals surface area contributed by atoms with Crippen LogP contribution < -0.4 is 0 Å². The van der Waals surface area contributed by atoms with Gasteiger partial charge in [-0.2, -0.15) is 0 Å². The SMILES string of the molecule is CC1(C)c2ccccc2-c2c(-c3nc(-c4ccc(-c5ccc6c(c5)oc5ccccc56)cc4)cc(-c4ccc5c(c4)C(c4ccccc4)(c4ccccc4)c4ccccc4-5)n3)cccc21. The Kier molecular flexibility index (Phi) is 8.17. The summed E-state index contributed by atoms with van der Waals surface area (Å²) in [6.45, 7) is 4.65. The minimum atomic E-state index is -0.528. The summed E-state index contributed by atoms with van der Waals surface area (Å²) >= 11 is 0. The molecule has 0 radical (unpaired) electrons. The highest BCUT2D eigenvalue weighted by Gasteiger charge is 2.46.